The van der Waals surface area contributed by atoms with Crippen LogP contribution in [0.25, 0.3) is 0 Å². The minimum absolute atomic E-state index is 0.633. The fourth-order valence-corrected chi connectivity index (χ4v) is 0.725. The van der Waals surface area contributed by atoms with Crippen molar-refractivity contribution in [2.24, 2.45) is 0 Å². The zero-order valence-corrected chi connectivity index (χ0v) is 6.82. The fourth-order valence-electron chi connectivity index (χ4n) is 0.529. The molecular weight excluding hydrogens is 148 g/mol. The highest BCUT2D eigenvalue weighted by molar-refractivity contribution is 6.29. The molecule has 0 saturated carbocycles. The average Bonchev–Trinajstić information content (AvgIpc) is 1.97. The van der Waals surface area contributed by atoms with E-state index in [4.69, 9.17) is 11.6 Å². The van der Waals surface area contributed by atoms with E-state index >= 15 is 0 Å². The van der Waals surface area contributed by atoms with Crippen LogP contribution in [0, 0.1) is 0 Å². The number of carbonyl (C=O) groups is 1. The first-order valence-corrected chi connectivity index (χ1v) is 3.74. The van der Waals surface area contributed by atoms with E-state index in [-0.39, 0.29) is 0 Å². The summed E-state index contributed by atoms with van der Waals surface area (Å²) in [5.41, 5.74) is 2.66. The Balaban J connectivity index is 3.70. The molecule has 0 aromatic carbocycles. The summed E-state index contributed by atoms with van der Waals surface area (Å²) in [6.45, 7) is 2.09. The van der Waals surface area contributed by atoms with Gasteiger partial charge in [0.25, 0.3) is 0 Å². The van der Waals surface area contributed by atoms with E-state index < -0.39 is 0 Å². The Hall–Kier alpha value is -0.520. The van der Waals surface area contributed by atoms with Crippen LogP contribution in [-0.4, -0.2) is 6.29 Å². The van der Waals surface area contributed by atoms with Gasteiger partial charge in [-0.1, -0.05) is 24.9 Å². The average molecular weight is 159 g/mol. The van der Waals surface area contributed by atoms with Crippen LogP contribution in [0.5, 0.6) is 0 Å². The molecule has 0 N–H and O–H groups in total. The first-order chi connectivity index (χ1) is 4.81. The van der Waals surface area contributed by atoms with Crippen LogP contribution in [0.1, 0.15) is 26.2 Å². The Kier molecular flexibility index (Phi) is 6.25. The van der Waals surface area contributed by atoms with E-state index in [1.54, 1.807) is 0 Å². The first kappa shape index (κ1) is 9.48. The van der Waals surface area contributed by atoms with Gasteiger partial charge in [0.15, 0.2) is 6.29 Å². The van der Waals surface area contributed by atoms with E-state index in [0.29, 0.717) is 11.3 Å². The molecule has 0 aliphatic heterocycles. The number of hydrogen-bond acceptors (Lipinski definition) is 1. The molecule has 2 heteroatoms. The molecule has 0 aromatic rings. The normalized spacial score (nSPS) is 8.20. The molecule has 56 valence electrons. The van der Waals surface area contributed by atoms with Gasteiger partial charge in [0.1, 0.15) is 0 Å². The second kappa shape index (κ2) is 6.60. The van der Waals surface area contributed by atoms with Crippen molar-refractivity contribution in [1.82, 2.24) is 0 Å². The number of aldehydes is 1. The summed E-state index contributed by atoms with van der Waals surface area (Å²) in [4.78, 5) is 9.79. The number of unbranched alkanes of at least 4 members (excludes halogenated alkanes) is 1. The first-order valence-electron chi connectivity index (χ1n) is 3.36. The SMILES string of the molecule is CCCCC(Cl)=C=CC=O. The molecule has 0 saturated heterocycles. The highest BCUT2D eigenvalue weighted by Gasteiger charge is 1.87. The van der Waals surface area contributed by atoms with Crippen molar-refractivity contribution >= 4 is 17.9 Å². The Bertz CT molecular complexity index is 155. The Morgan fingerprint density at radius 1 is 1.70 bits per heavy atom. The fraction of sp³-hybridized carbons (Fsp3) is 0.500. The minimum Gasteiger partial charge on any atom is -0.298 e. The van der Waals surface area contributed by atoms with Crippen LogP contribution >= 0.6 is 11.6 Å². The van der Waals surface area contributed by atoms with Gasteiger partial charge in [-0.05, 0) is 12.8 Å². The lowest BCUT2D eigenvalue weighted by atomic mass is 10.2. The van der Waals surface area contributed by atoms with Crippen LogP contribution in [0.2, 0.25) is 0 Å². The standard InChI is InChI=1S/C8H11ClO/c1-2-3-5-8(9)6-4-7-10/h4,7H,2-3,5H2,1H3. The lowest BCUT2D eigenvalue weighted by Crippen LogP contribution is -1.71. The van der Waals surface area contributed by atoms with Crippen LogP contribution in [0.3, 0.4) is 0 Å². The third-order valence-corrected chi connectivity index (χ3v) is 1.36. The van der Waals surface area contributed by atoms with Crippen LogP contribution in [-0.2, 0) is 4.79 Å². The molecule has 1 nitrogen and oxygen atoms in total. The van der Waals surface area contributed by atoms with Gasteiger partial charge in [-0.15, -0.1) is 5.73 Å². The molecule has 0 aromatic heterocycles. The molecule has 0 aliphatic rings. The maximum absolute atomic E-state index is 9.79. The summed E-state index contributed by atoms with van der Waals surface area (Å²) < 4.78 is 0. The van der Waals surface area contributed by atoms with Crippen molar-refractivity contribution < 1.29 is 4.79 Å². The van der Waals surface area contributed by atoms with Crippen molar-refractivity contribution in [3.8, 4) is 0 Å². The largest absolute Gasteiger partial charge is 0.298 e. The molecule has 0 radical (unpaired) electrons. The second-order valence-corrected chi connectivity index (χ2v) is 2.41. The lowest BCUT2D eigenvalue weighted by molar-refractivity contribution is -0.104. The van der Waals surface area contributed by atoms with Gasteiger partial charge in [0.2, 0.25) is 0 Å². The topological polar surface area (TPSA) is 17.1 Å². The highest BCUT2D eigenvalue weighted by atomic mass is 35.5. The highest BCUT2D eigenvalue weighted by Crippen LogP contribution is 2.08. The molecule has 0 spiro atoms. The van der Waals surface area contributed by atoms with E-state index in [1.807, 2.05) is 0 Å². The Morgan fingerprint density at radius 3 is 2.90 bits per heavy atom. The summed E-state index contributed by atoms with van der Waals surface area (Å²) in [6.07, 6.45) is 4.95. The Morgan fingerprint density at radius 2 is 2.40 bits per heavy atom. The maximum Gasteiger partial charge on any atom is 0.150 e. The lowest BCUT2D eigenvalue weighted by Gasteiger charge is -1.89. The predicted molar refractivity (Wildman–Crippen MR) is 43.0 cm³/mol. The van der Waals surface area contributed by atoms with Crippen LogP contribution in [0.15, 0.2) is 16.8 Å². The van der Waals surface area contributed by atoms with Gasteiger partial charge >= 0.3 is 0 Å². The third kappa shape index (κ3) is 5.61. The van der Waals surface area contributed by atoms with Gasteiger partial charge in [-0.25, -0.2) is 0 Å². The van der Waals surface area contributed by atoms with Gasteiger partial charge in [-0.3, -0.25) is 4.79 Å². The summed E-state index contributed by atoms with van der Waals surface area (Å²) in [5, 5.41) is 0.633. The smallest absolute Gasteiger partial charge is 0.150 e. The molecule has 0 atom stereocenters. The second-order valence-electron chi connectivity index (χ2n) is 1.96. The monoisotopic (exact) mass is 158 g/mol. The van der Waals surface area contributed by atoms with Crippen molar-refractivity contribution in [1.29, 1.82) is 0 Å². The van der Waals surface area contributed by atoms with Crippen LogP contribution in [0.4, 0.5) is 0 Å². The van der Waals surface area contributed by atoms with Crippen molar-refractivity contribution in [3.63, 3.8) is 0 Å². The molecule has 0 aliphatic carbocycles. The van der Waals surface area contributed by atoms with Gasteiger partial charge in [0, 0.05) is 6.08 Å². The van der Waals surface area contributed by atoms with Crippen LogP contribution < -0.4 is 0 Å². The zero-order valence-electron chi connectivity index (χ0n) is 6.06. The number of allylic oxidation sites excluding steroid dienone is 1. The third-order valence-electron chi connectivity index (χ3n) is 1.06. The number of carbonyl (C=O) groups excluding carboxylic acids is 1. The van der Waals surface area contributed by atoms with E-state index in [1.165, 1.54) is 6.08 Å². The Labute approximate surface area is 66.4 Å². The minimum atomic E-state index is 0.633. The van der Waals surface area contributed by atoms with Gasteiger partial charge < -0.3 is 0 Å². The summed E-state index contributed by atoms with van der Waals surface area (Å²) in [5.74, 6) is 0. The summed E-state index contributed by atoms with van der Waals surface area (Å²) >= 11 is 5.65. The number of rotatable bonds is 4. The van der Waals surface area contributed by atoms with Gasteiger partial charge in [-0.2, -0.15) is 0 Å². The summed E-state index contributed by atoms with van der Waals surface area (Å²) in [6, 6.07) is 0. The number of halogens is 1. The van der Waals surface area contributed by atoms with E-state index in [9.17, 15) is 4.79 Å². The van der Waals surface area contributed by atoms with Crippen molar-refractivity contribution in [3.05, 3.63) is 16.8 Å². The zero-order chi connectivity index (χ0) is 7.82. The number of hydrogen-bond donors (Lipinski definition) is 0. The molecule has 0 fully saturated rings. The molecular formula is C8H11ClO. The maximum atomic E-state index is 9.79. The molecule has 10 heavy (non-hydrogen) atoms. The molecule has 0 amide bonds. The molecule has 0 unspecified atom stereocenters. The molecule has 0 rings (SSSR count). The molecule has 0 bridgehead atoms. The quantitative estimate of drug-likeness (QED) is 0.349. The van der Waals surface area contributed by atoms with Crippen molar-refractivity contribution in [2.75, 3.05) is 0 Å². The van der Waals surface area contributed by atoms with Gasteiger partial charge in [0.05, 0.1) is 5.03 Å². The van der Waals surface area contributed by atoms with Crippen molar-refractivity contribution in [2.45, 2.75) is 26.2 Å². The predicted octanol–water partition coefficient (Wildman–Crippen LogP) is 2.65. The van der Waals surface area contributed by atoms with E-state index in [0.717, 1.165) is 19.3 Å². The van der Waals surface area contributed by atoms with E-state index in [2.05, 4.69) is 12.7 Å². The molecule has 0 heterocycles. The summed E-state index contributed by atoms with van der Waals surface area (Å²) in [7, 11) is 0.